The van der Waals surface area contributed by atoms with E-state index in [2.05, 4.69) is 0 Å². The lowest BCUT2D eigenvalue weighted by Crippen LogP contribution is -2.40. The first kappa shape index (κ1) is 38.5. The van der Waals surface area contributed by atoms with Gasteiger partial charge < -0.3 is 19.7 Å². The van der Waals surface area contributed by atoms with Crippen LogP contribution in [0.4, 0.5) is 0 Å². The number of carboxylic acid groups (broad SMARTS) is 2. The average Bonchev–Trinajstić information content (AvgIpc) is 3.06. The van der Waals surface area contributed by atoms with Crippen LogP contribution >= 0.6 is 0 Å². The van der Waals surface area contributed by atoms with Gasteiger partial charge >= 0.3 is 23.9 Å². The van der Waals surface area contributed by atoms with E-state index in [0.29, 0.717) is 17.5 Å². The Morgan fingerprint density at radius 1 is 0.522 bits per heavy atom. The predicted molar refractivity (Wildman–Crippen MR) is 179 cm³/mol. The van der Waals surface area contributed by atoms with E-state index in [-0.39, 0.29) is 24.0 Å². The molecule has 0 unspecified atom stereocenters. The van der Waals surface area contributed by atoms with Crippen molar-refractivity contribution in [3.63, 3.8) is 0 Å². The summed E-state index contributed by atoms with van der Waals surface area (Å²) in [6.45, 7) is 0. The molecule has 0 saturated carbocycles. The molecule has 0 fully saturated rings. The first-order valence-corrected chi connectivity index (χ1v) is 17.1. The Balaban J connectivity index is 1.83. The molecule has 0 aromatic heterocycles. The van der Waals surface area contributed by atoms with Crippen LogP contribution in [0.2, 0.25) is 0 Å². The number of methoxy groups -OCH3 is 2. The minimum absolute atomic E-state index is 0.164. The van der Waals surface area contributed by atoms with Crippen molar-refractivity contribution in [3.8, 4) is 0 Å². The predicted octanol–water partition coefficient (Wildman–Crippen LogP) is 9.13. The van der Waals surface area contributed by atoms with E-state index < -0.39 is 29.3 Å². The normalized spacial score (nSPS) is 11.3. The van der Waals surface area contributed by atoms with Crippen molar-refractivity contribution in [2.45, 2.75) is 127 Å². The fourth-order valence-corrected chi connectivity index (χ4v) is 6.36. The molecule has 0 saturated heterocycles. The van der Waals surface area contributed by atoms with Gasteiger partial charge in [0, 0.05) is 6.42 Å². The summed E-state index contributed by atoms with van der Waals surface area (Å²) in [6.07, 6.45) is 19.4. The van der Waals surface area contributed by atoms with Crippen LogP contribution in [0.1, 0.15) is 154 Å². The molecule has 2 rings (SSSR count). The number of hydrogen-bond donors (Lipinski definition) is 2. The summed E-state index contributed by atoms with van der Waals surface area (Å²) in [5.41, 5.74) is -0.705. The van der Waals surface area contributed by atoms with E-state index in [1.165, 1.54) is 72.0 Å². The molecule has 254 valence electrons. The second-order valence-electron chi connectivity index (χ2n) is 12.2. The maximum absolute atomic E-state index is 13.3. The topological polar surface area (TPSA) is 127 Å². The average molecular weight is 639 g/mol. The number of rotatable bonds is 25. The SMILES string of the molecule is COC(=O)c1ccccc1C(CCCCCCCCCCCCCCCCCCCC(=O)O)(C(=O)O)c1ccccc1C(=O)OC. The molecule has 8 heteroatoms. The Morgan fingerprint density at radius 2 is 0.848 bits per heavy atom. The summed E-state index contributed by atoms with van der Waals surface area (Å²) in [7, 11) is 2.53. The molecule has 0 aliphatic carbocycles. The van der Waals surface area contributed by atoms with Crippen LogP contribution < -0.4 is 0 Å². The van der Waals surface area contributed by atoms with Crippen molar-refractivity contribution >= 4 is 23.9 Å². The van der Waals surface area contributed by atoms with Crippen molar-refractivity contribution in [2.75, 3.05) is 14.2 Å². The molecular weight excluding hydrogens is 584 g/mol. The highest BCUT2D eigenvalue weighted by atomic mass is 16.5. The van der Waals surface area contributed by atoms with Gasteiger partial charge in [-0.1, -0.05) is 139 Å². The van der Waals surface area contributed by atoms with Crippen LogP contribution in [0.3, 0.4) is 0 Å². The molecule has 2 aromatic rings. The number of esters is 2. The minimum atomic E-state index is -1.64. The molecule has 0 bridgehead atoms. The number of benzene rings is 2. The highest BCUT2D eigenvalue weighted by Crippen LogP contribution is 2.42. The van der Waals surface area contributed by atoms with Crippen LogP contribution in [-0.2, 0) is 24.5 Å². The zero-order chi connectivity index (χ0) is 33.6. The maximum Gasteiger partial charge on any atom is 0.338 e. The molecule has 0 radical (unpaired) electrons. The molecule has 2 aromatic carbocycles. The summed E-state index contributed by atoms with van der Waals surface area (Å²) in [5.74, 6) is -3.08. The van der Waals surface area contributed by atoms with E-state index in [9.17, 15) is 24.3 Å². The van der Waals surface area contributed by atoms with Crippen molar-refractivity contribution < 1.29 is 38.9 Å². The lowest BCUT2D eigenvalue weighted by molar-refractivity contribution is -0.142. The number of hydrogen-bond acceptors (Lipinski definition) is 6. The van der Waals surface area contributed by atoms with Gasteiger partial charge in [-0.2, -0.15) is 0 Å². The molecule has 0 atom stereocenters. The molecule has 0 aliphatic heterocycles. The van der Waals surface area contributed by atoms with Crippen LogP contribution in [-0.4, -0.2) is 48.3 Å². The van der Waals surface area contributed by atoms with Gasteiger partial charge in [-0.05, 0) is 36.1 Å². The van der Waals surface area contributed by atoms with Gasteiger partial charge in [0.1, 0.15) is 5.41 Å². The molecule has 8 nitrogen and oxygen atoms in total. The van der Waals surface area contributed by atoms with E-state index in [4.69, 9.17) is 14.6 Å². The molecule has 46 heavy (non-hydrogen) atoms. The second-order valence-corrected chi connectivity index (χ2v) is 12.2. The number of unbranched alkanes of at least 4 members (excludes halogenated alkanes) is 16. The van der Waals surface area contributed by atoms with Gasteiger partial charge in [0.05, 0.1) is 25.3 Å². The first-order valence-electron chi connectivity index (χ1n) is 17.1. The number of carbonyl (C=O) groups excluding carboxylic acids is 2. The monoisotopic (exact) mass is 638 g/mol. The van der Waals surface area contributed by atoms with E-state index >= 15 is 0 Å². The third-order valence-electron chi connectivity index (χ3n) is 8.89. The lowest BCUT2D eigenvalue weighted by Gasteiger charge is -2.33. The number of aliphatic carboxylic acids is 2. The van der Waals surface area contributed by atoms with Crippen molar-refractivity contribution in [1.82, 2.24) is 0 Å². The number of ether oxygens (including phenoxy) is 2. The Bertz CT molecular complexity index is 1160. The summed E-state index contributed by atoms with van der Waals surface area (Å²) in [5, 5.41) is 19.5. The van der Waals surface area contributed by atoms with Crippen LogP contribution in [0.25, 0.3) is 0 Å². The van der Waals surface area contributed by atoms with E-state index in [0.717, 1.165) is 44.9 Å². The zero-order valence-corrected chi connectivity index (χ0v) is 27.9. The van der Waals surface area contributed by atoms with Gasteiger partial charge in [0.2, 0.25) is 0 Å². The third kappa shape index (κ3) is 12.3. The van der Waals surface area contributed by atoms with Crippen LogP contribution in [0.5, 0.6) is 0 Å². The Hall–Kier alpha value is -3.68. The molecule has 0 spiro atoms. The fraction of sp³-hybridized carbons (Fsp3) is 0.579. The summed E-state index contributed by atoms with van der Waals surface area (Å²) in [4.78, 5) is 49.3. The third-order valence-corrected chi connectivity index (χ3v) is 8.89. The summed E-state index contributed by atoms with van der Waals surface area (Å²) >= 11 is 0. The molecule has 2 N–H and O–H groups in total. The summed E-state index contributed by atoms with van der Waals surface area (Å²) < 4.78 is 9.99. The lowest BCUT2D eigenvalue weighted by atomic mass is 9.68. The highest BCUT2D eigenvalue weighted by molar-refractivity contribution is 5.99. The standard InChI is InChI=1S/C38H54O8/c1-45-35(41)30-24-19-21-26-32(30)38(37(43)44,33-27-22-20-25-31(33)36(42)46-2)29-23-17-15-13-11-9-7-5-3-4-6-8-10-12-14-16-18-28-34(39)40/h19-22,24-27H,3-18,23,28-29H2,1-2H3,(H,39,40)(H,43,44). The number of carboxylic acids is 2. The maximum atomic E-state index is 13.3. The quantitative estimate of drug-likeness (QED) is 0.0814. The van der Waals surface area contributed by atoms with Crippen molar-refractivity contribution in [1.29, 1.82) is 0 Å². The zero-order valence-electron chi connectivity index (χ0n) is 27.9. The van der Waals surface area contributed by atoms with Gasteiger partial charge in [-0.3, -0.25) is 9.59 Å². The molecule has 0 amide bonds. The largest absolute Gasteiger partial charge is 0.481 e. The van der Waals surface area contributed by atoms with Crippen molar-refractivity contribution in [3.05, 3.63) is 70.8 Å². The fourth-order valence-electron chi connectivity index (χ4n) is 6.36. The highest BCUT2D eigenvalue weighted by Gasteiger charge is 2.46. The van der Waals surface area contributed by atoms with Gasteiger partial charge in [-0.15, -0.1) is 0 Å². The van der Waals surface area contributed by atoms with E-state index in [1.807, 2.05) is 0 Å². The van der Waals surface area contributed by atoms with Gasteiger partial charge in [-0.25, -0.2) is 9.59 Å². The van der Waals surface area contributed by atoms with E-state index in [1.54, 1.807) is 48.5 Å². The van der Waals surface area contributed by atoms with Gasteiger partial charge in [0.15, 0.2) is 0 Å². The van der Waals surface area contributed by atoms with Crippen molar-refractivity contribution in [2.24, 2.45) is 0 Å². The molecule has 0 aliphatic rings. The summed E-state index contributed by atoms with van der Waals surface area (Å²) in [6, 6.07) is 13.2. The second kappa shape index (κ2) is 22.0. The Morgan fingerprint density at radius 3 is 1.17 bits per heavy atom. The molecule has 0 heterocycles. The number of carbonyl (C=O) groups is 4. The first-order chi connectivity index (χ1) is 22.3. The Kier molecular flexibility index (Phi) is 18.4. The van der Waals surface area contributed by atoms with Crippen LogP contribution in [0.15, 0.2) is 48.5 Å². The van der Waals surface area contributed by atoms with Crippen LogP contribution in [0, 0.1) is 0 Å². The molecular formula is C38H54O8. The van der Waals surface area contributed by atoms with Gasteiger partial charge in [0.25, 0.3) is 0 Å². The minimum Gasteiger partial charge on any atom is -0.481 e. The smallest absolute Gasteiger partial charge is 0.338 e. The Labute approximate surface area is 274 Å².